The Morgan fingerprint density at radius 2 is 1.64 bits per heavy atom. The fourth-order valence-electron chi connectivity index (χ4n) is 4.70. The molecule has 2 aromatic heterocycles. The summed E-state index contributed by atoms with van der Waals surface area (Å²) < 4.78 is 26.5. The lowest BCUT2D eigenvalue weighted by molar-refractivity contribution is 0.313. The van der Waals surface area contributed by atoms with Crippen LogP contribution in [0.2, 0.25) is 0 Å². The van der Waals surface area contributed by atoms with Gasteiger partial charge in [-0.1, -0.05) is 36.4 Å². The summed E-state index contributed by atoms with van der Waals surface area (Å²) in [7, 11) is -1.09. The molecule has 0 radical (unpaired) electrons. The molecular formula is C28H33N5O2S. The van der Waals surface area contributed by atoms with Crippen LogP contribution in [-0.2, 0) is 10.0 Å². The minimum Gasteiger partial charge on any atom is -0.369 e. The number of aromatic amines is 1. The zero-order chi connectivity index (χ0) is 25.3. The first kappa shape index (κ1) is 24.5. The van der Waals surface area contributed by atoms with Crippen molar-refractivity contribution < 1.29 is 8.42 Å². The number of pyridine rings is 1. The second-order valence-corrected chi connectivity index (χ2v) is 11.6. The van der Waals surface area contributed by atoms with Gasteiger partial charge in [-0.15, -0.1) is 0 Å². The van der Waals surface area contributed by atoms with E-state index in [0.717, 1.165) is 65.0 Å². The van der Waals surface area contributed by atoms with Crippen LogP contribution in [0.3, 0.4) is 0 Å². The third-order valence-corrected chi connectivity index (χ3v) is 8.53. The van der Waals surface area contributed by atoms with Gasteiger partial charge in [-0.25, -0.2) is 18.1 Å². The minimum atomic E-state index is -3.26. The minimum absolute atomic E-state index is 0.0681. The maximum atomic E-state index is 11.9. The molecule has 1 fully saturated rings. The predicted molar refractivity (Wildman–Crippen MR) is 148 cm³/mol. The number of fused-ring (bicyclic) bond motifs is 1. The van der Waals surface area contributed by atoms with Gasteiger partial charge in [-0.2, -0.15) is 0 Å². The average molecular weight is 504 g/mol. The van der Waals surface area contributed by atoms with Crippen molar-refractivity contribution in [1.29, 1.82) is 0 Å². The highest BCUT2D eigenvalue weighted by molar-refractivity contribution is 7.89. The molecule has 4 aromatic rings. The first-order chi connectivity index (χ1) is 17.3. The molecule has 1 unspecified atom stereocenters. The van der Waals surface area contributed by atoms with Gasteiger partial charge in [0.15, 0.2) is 0 Å². The van der Waals surface area contributed by atoms with E-state index in [4.69, 9.17) is 0 Å². The highest BCUT2D eigenvalue weighted by atomic mass is 32.2. The fourth-order valence-corrected chi connectivity index (χ4v) is 5.54. The predicted octanol–water partition coefficient (Wildman–Crippen LogP) is 4.65. The van der Waals surface area contributed by atoms with E-state index >= 15 is 0 Å². The summed E-state index contributed by atoms with van der Waals surface area (Å²) in [5, 5.41) is 1.06. The van der Waals surface area contributed by atoms with Crippen molar-refractivity contribution in [1.82, 2.24) is 19.6 Å². The molecule has 36 heavy (non-hydrogen) atoms. The Labute approximate surface area is 213 Å². The lowest BCUT2D eigenvalue weighted by Crippen LogP contribution is -2.44. The van der Waals surface area contributed by atoms with E-state index in [9.17, 15) is 8.42 Å². The molecule has 1 atom stereocenters. The topological polar surface area (TPSA) is 81.3 Å². The Morgan fingerprint density at radius 3 is 2.31 bits per heavy atom. The van der Waals surface area contributed by atoms with Crippen molar-refractivity contribution in [2.75, 3.05) is 43.9 Å². The van der Waals surface area contributed by atoms with E-state index in [1.54, 1.807) is 6.92 Å². The van der Waals surface area contributed by atoms with Crippen LogP contribution < -0.4 is 9.62 Å². The number of piperazine rings is 1. The van der Waals surface area contributed by atoms with Crippen molar-refractivity contribution in [2.24, 2.45) is 0 Å². The highest BCUT2D eigenvalue weighted by Crippen LogP contribution is 2.32. The second-order valence-electron chi connectivity index (χ2n) is 9.52. The van der Waals surface area contributed by atoms with E-state index < -0.39 is 10.0 Å². The molecule has 1 aliphatic rings. The number of anilines is 1. The molecule has 8 heteroatoms. The summed E-state index contributed by atoms with van der Waals surface area (Å²) in [5.74, 6) is 0.0681. The van der Waals surface area contributed by atoms with Crippen LogP contribution in [0, 0.1) is 0 Å². The number of rotatable bonds is 7. The number of aromatic nitrogens is 2. The molecule has 0 spiro atoms. The van der Waals surface area contributed by atoms with Crippen molar-refractivity contribution >= 4 is 26.7 Å². The van der Waals surface area contributed by atoms with Crippen molar-refractivity contribution in [3.8, 4) is 22.3 Å². The van der Waals surface area contributed by atoms with Crippen molar-refractivity contribution in [3.63, 3.8) is 0 Å². The smallest absolute Gasteiger partial charge is 0.211 e. The van der Waals surface area contributed by atoms with Gasteiger partial charge in [0.25, 0.3) is 0 Å². The number of H-pyrrole nitrogens is 1. The van der Waals surface area contributed by atoms with E-state index in [1.165, 1.54) is 5.69 Å². The molecule has 0 saturated carbocycles. The van der Waals surface area contributed by atoms with Gasteiger partial charge in [0.2, 0.25) is 10.0 Å². The number of sulfonamides is 1. The third-order valence-electron chi connectivity index (χ3n) is 7.06. The molecule has 7 nitrogen and oxygen atoms in total. The standard InChI is InChI=1S/C28H33N5O2S/c1-4-36(34,35)31-20(2)21-5-7-23(8-6-21)27-19-30-28-26(27)17-24(18-29-28)22-9-11-25(12-10-22)33-15-13-32(3)14-16-33/h5-12,17-20,31H,4,13-16H2,1-3H3,(H,29,30). The summed E-state index contributed by atoms with van der Waals surface area (Å²) in [4.78, 5) is 12.8. The van der Waals surface area contributed by atoms with Crippen LogP contribution in [0.1, 0.15) is 25.5 Å². The van der Waals surface area contributed by atoms with Crippen molar-refractivity contribution in [3.05, 3.63) is 72.6 Å². The summed E-state index contributed by atoms with van der Waals surface area (Å²) in [6.45, 7) is 7.79. The van der Waals surface area contributed by atoms with Gasteiger partial charge in [0.1, 0.15) is 5.65 Å². The average Bonchev–Trinajstić information content (AvgIpc) is 3.32. The van der Waals surface area contributed by atoms with E-state index in [1.807, 2.05) is 43.6 Å². The molecule has 0 bridgehead atoms. The number of nitrogens with zero attached hydrogens (tertiary/aromatic N) is 3. The van der Waals surface area contributed by atoms with Gasteiger partial charge in [0, 0.05) is 66.8 Å². The summed E-state index contributed by atoms with van der Waals surface area (Å²) >= 11 is 0. The number of likely N-dealkylation sites (N-methyl/N-ethyl adjacent to an activating group) is 1. The Hall–Kier alpha value is -3.20. The van der Waals surface area contributed by atoms with Crippen LogP contribution in [-0.4, -0.2) is 62.3 Å². The third kappa shape index (κ3) is 5.16. The first-order valence-corrected chi connectivity index (χ1v) is 14.1. The highest BCUT2D eigenvalue weighted by Gasteiger charge is 2.16. The molecule has 3 heterocycles. The van der Waals surface area contributed by atoms with Crippen LogP contribution in [0.25, 0.3) is 33.3 Å². The largest absolute Gasteiger partial charge is 0.369 e. The summed E-state index contributed by atoms with van der Waals surface area (Å²) in [6, 6.07) is 18.7. The van der Waals surface area contributed by atoms with Gasteiger partial charge >= 0.3 is 0 Å². The lowest BCUT2D eigenvalue weighted by Gasteiger charge is -2.34. The Bertz CT molecular complexity index is 1440. The van der Waals surface area contributed by atoms with Crippen LogP contribution in [0.15, 0.2) is 67.0 Å². The van der Waals surface area contributed by atoms with Crippen LogP contribution in [0.5, 0.6) is 0 Å². The van der Waals surface area contributed by atoms with E-state index in [2.05, 4.69) is 61.9 Å². The number of benzene rings is 2. The monoisotopic (exact) mass is 503 g/mol. The zero-order valence-electron chi connectivity index (χ0n) is 21.0. The fraction of sp³-hybridized carbons (Fsp3) is 0.321. The van der Waals surface area contributed by atoms with Crippen LogP contribution >= 0.6 is 0 Å². The number of hydrogen-bond donors (Lipinski definition) is 2. The van der Waals surface area contributed by atoms with Gasteiger partial charge in [-0.05, 0) is 55.8 Å². The molecule has 0 amide bonds. The Balaban J connectivity index is 1.38. The Kier molecular flexibility index (Phi) is 6.83. The first-order valence-electron chi connectivity index (χ1n) is 12.4. The second kappa shape index (κ2) is 10.0. The SMILES string of the molecule is CCS(=O)(=O)NC(C)c1ccc(-c2c[nH]c3ncc(-c4ccc(N5CCN(C)CC5)cc4)cc23)cc1. The molecular weight excluding hydrogens is 470 g/mol. The number of hydrogen-bond acceptors (Lipinski definition) is 5. The molecule has 2 aromatic carbocycles. The molecule has 1 aliphatic heterocycles. The molecule has 5 rings (SSSR count). The van der Waals surface area contributed by atoms with Crippen molar-refractivity contribution in [2.45, 2.75) is 19.9 Å². The van der Waals surface area contributed by atoms with Gasteiger partial charge in [0.05, 0.1) is 5.75 Å². The van der Waals surface area contributed by atoms with E-state index in [-0.39, 0.29) is 11.8 Å². The van der Waals surface area contributed by atoms with Gasteiger partial charge < -0.3 is 14.8 Å². The van der Waals surface area contributed by atoms with Crippen LogP contribution in [0.4, 0.5) is 5.69 Å². The maximum absolute atomic E-state index is 11.9. The molecule has 1 saturated heterocycles. The normalized spacial score (nSPS) is 15.9. The van der Waals surface area contributed by atoms with Gasteiger partial charge in [-0.3, -0.25) is 0 Å². The molecule has 2 N–H and O–H groups in total. The Morgan fingerprint density at radius 1 is 0.972 bits per heavy atom. The quantitative estimate of drug-likeness (QED) is 0.384. The summed E-state index contributed by atoms with van der Waals surface area (Å²) in [6.07, 6.45) is 3.90. The van der Waals surface area contributed by atoms with E-state index in [0.29, 0.717) is 0 Å². The lowest BCUT2D eigenvalue weighted by atomic mass is 10.00. The zero-order valence-corrected chi connectivity index (χ0v) is 21.8. The summed E-state index contributed by atoms with van der Waals surface area (Å²) in [5.41, 5.74) is 7.38. The maximum Gasteiger partial charge on any atom is 0.211 e. The molecule has 188 valence electrons. The molecule has 0 aliphatic carbocycles. The number of nitrogens with one attached hydrogen (secondary N) is 2.